The van der Waals surface area contributed by atoms with E-state index in [0.29, 0.717) is 36.2 Å². The number of carbonyl (C=O) groups is 1. The largest absolute Gasteiger partial charge is 0.497 e. The average molecular weight is 419 g/mol. The van der Waals surface area contributed by atoms with Crippen molar-refractivity contribution in [3.63, 3.8) is 0 Å². The van der Waals surface area contributed by atoms with Gasteiger partial charge in [0.15, 0.2) is 0 Å². The minimum atomic E-state index is -3.89. The highest BCUT2D eigenvalue weighted by atomic mass is 32.2. The van der Waals surface area contributed by atoms with Crippen molar-refractivity contribution < 1.29 is 22.7 Å². The predicted molar refractivity (Wildman–Crippen MR) is 111 cm³/mol. The molecule has 2 aromatic carbocycles. The van der Waals surface area contributed by atoms with Crippen LogP contribution in [0.5, 0.6) is 11.5 Å². The summed E-state index contributed by atoms with van der Waals surface area (Å²) in [7, 11) is -0.915. The Hall–Kier alpha value is -2.74. The summed E-state index contributed by atoms with van der Waals surface area (Å²) in [4.78, 5) is 14.8. The molecule has 1 N–H and O–H groups in total. The first-order chi connectivity index (χ1) is 13.8. The summed E-state index contributed by atoms with van der Waals surface area (Å²) in [6.07, 6.45) is 1.87. The Morgan fingerprint density at radius 1 is 1.07 bits per heavy atom. The van der Waals surface area contributed by atoms with Gasteiger partial charge in [-0.25, -0.2) is 8.42 Å². The molecule has 29 heavy (non-hydrogen) atoms. The maximum absolute atomic E-state index is 13.0. The van der Waals surface area contributed by atoms with E-state index in [4.69, 9.17) is 9.47 Å². The van der Waals surface area contributed by atoms with Gasteiger partial charge < -0.3 is 14.4 Å². The molecule has 0 unspecified atom stereocenters. The van der Waals surface area contributed by atoms with Crippen LogP contribution in [0, 0.1) is 5.92 Å². The number of hydrogen-bond acceptors (Lipinski definition) is 5. The first kappa shape index (κ1) is 21.0. The number of carbonyl (C=O) groups excluding carboxylic acids is 1. The zero-order chi connectivity index (χ0) is 21.0. The van der Waals surface area contributed by atoms with Gasteiger partial charge in [-0.05, 0) is 49.1 Å². The van der Waals surface area contributed by atoms with E-state index >= 15 is 0 Å². The van der Waals surface area contributed by atoms with E-state index in [9.17, 15) is 13.2 Å². The molecule has 1 aliphatic heterocycles. The van der Waals surface area contributed by atoms with Crippen molar-refractivity contribution >= 4 is 21.6 Å². The molecule has 1 heterocycles. The van der Waals surface area contributed by atoms with Crippen LogP contribution in [0.25, 0.3) is 0 Å². The van der Waals surface area contributed by atoms with Gasteiger partial charge in [0.2, 0.25) is 0 Å². The van der Waals surface area contributed by atoms with Gasteiger partial charge >= 0.3 is 0 Å². The molecule has 1 saturated heterocycles. The highest BCUT2D eigenvalue weighted by Gasteiger charge is 2.26. The zero-order valence-electron chi connectivity index (χ0n) is 16.8. The highest BCUT2D eigenvalue weighted by molar-refractivity contribution is 7.92. The lowest BCUT2D eigenvalue weighted by molar-refractivity contribution is 0.0693. The molecular formula is C21H26N2O5S. The van der Waals surface area contributed by atoms with E-state index in [1.165, 1.54) is 32.4 Å². The highest BCUT2D eigenvalue weighted by Crippen LogP contribution is 2.28. The molecule has 3 rings (SSSR count). The van der Waals surface area contributed by atoms with Crippen LogP contribution >= 0.6 is 0 Å². The molecule has 156 valence electrons. The number of hydrogen-bond donors (Lipinski definition) is 1. The van der Waals surface area contributed by atoms with Gasteiger partial charge in [-0.2, -0.15) is 0 Å². The van der Waals surface area contributed by atoms with Crippen molar-refractivity contribution in [3.8, 4) is 11.5 Å². The minimum absolute atomic E-state index is 0.00477. The molecule has 2 aromatic rings. The number of likely N-dealkylation sites (tertiary alicyclic amines) is 1. The Morgan fingerprint density at radius 3 is 2.45 bits per heavy atom. The SMILES string of the molecule is COc1cccc(NS(=O)(=O)c2ccc(OC)c(C(=O)N3CCC(C)CC3)c2)c1. The van der Waals surface area contributed by atoms with Gasteiger partial charge in [-0.3, -0.25) is 9.52 Å². The molecule has 0 atom stereocenters. The quantitative estimate of drug-likeness (QED) is 0.777. The van der Waals surface area contributed by atoms with Crippen molar-refractivity contribution in [1.29, 1.82) is 0 Å². The number of sulfonamides is 1. The Labute approximate surface area is 171 Å². The molecule has 7 nitrogen and oxygen atoms in total. The Morgan fingerprint density at radius 2 is 1.79 bits per heavy atom. The van der Waals surface area contributed by atoms with E-state index < -0.39 is 10.0 Å². The van der Waals surface area contributed by atoms with Gasteiger partial charge in [0.05, 0.1) is 30.4 Å². The van der Waals surface area contributed by atoms with Gasteiger partial charge in [-0.1, -0.05) is 13.0 Å². The third kappa shape index (κ3) is 4.82. The Kier molecular flexibility index (Phi) is 6.32. The number of methoxy groups -OCH3 is 2. The standard InChI is InChI=1S/C21H26N2O5S/c1-15-9-11-23(12-10-15)21(24)19-14-18(7-8-20(19)28-3)29(25,26)22-16-5-4-6-17(13-16)27-2/h4-8,13-15,22H,9-12H2,1-3H3. The van der Waals surface area contributed by atoms with E-state index in [-0.39, 0.29) is 16.4 Å². The van der Waals surface area contributed by atoms with Crippen LogP contribution in [-0.4, -0.2) is 46.5 Å². The van der Waals surface area contributed by atoms with Gasteiger partial charge in [0, 0.05) is 19.2 Å². The Bertz CT molecular complexity index is 982. The van der Waals surface area contributed by atoms with Crippen molar-refractivity contribution in [1.82, 2.24) is 4.90 Å². The number of piperidine rings is 1. The topological polar surface area (TPSA) is 84.9 Å². The molecule has 1 amide bonds. The molecule has 0 saturated carbocycles. The normalized spacial score (nSPS) is 15.1. The first-order valence-electron chi connectivity index (χ1n) is 9.48. The lowest BCUT2D eigenvalue weighted by Crippen LogP contribution is -2.38. The minimum Gasteiger partial charge on any atom is -0.497 e. The van der Waals surface area contributed by atoms with Crippen LogP contribution < -0.4 is 14.2 Å². The third-order valence-electron chi connectivity index (χ3n) is 5.10. The number of amides is 1. The number of ether oxygens (including phenoxy) is 2. The van der Waals surface area contributed by atoms with Crippen molar-refractivity contribution in [2.75, 3.05) is 32.0 Å². The van der Waals surface area contributed by atoms with E-state index in [1.807, 2.05) is 0 Å². The van der Waals surface area contributed by atoms with Crippen LogP contribution in [0.15, 0.2) is 47.4 Å². The summed E-state index contributed by atoms with van der Waals surface area (Å²) in [5, 5.41) is 0. The number of nitrogens with one attached hydrogen (secondary N) is 1. The van der Waals surface area contributed by atoms with Crippen LogP contribution in [-0.2, 0) is 10.0 Å². The van der Waals surface area contributed by atoms with E-state index in [2.05, 4.69) is 11.6 Å². The van der Waals surface area contributed by atoms with E-state index in [0.717, 1.165) is 12.8 Å². The fourth-order valence-corrected chi connectivity index (χ4v) is 4.38. The average Bonchev–Trinajstić information content (AvgIpc) is 2.73. The molecule has 1 aliphatic rings. The molecular weight excluding hydrogens is 392 g/mol. The van der Waals surface area contributed by atoms with Crippen molar-refractivity contribution in [2.24, 2.45) is 5.92 Å². The first-order valence-corrected chi connectivity index (χ1v) is 11.0. The monoisotopic (exact) mass is 418 g/mol. The number of benzene rings is 2. The van der Waals surface area contributed by atoms with E-state index in [1.54, 1.807) is 29.2 Å². The molecule has 0 aliphatic carbocycles. The summed E-state index contributed by atoms with van der Waals surface area (Å²) < 4.78 is 38.7. The number of nitrogens with zero attached hydrogens (tertiary/aromatic N) is 1. The van der Waals surface area contributed by atoms with Crippen molar-refractivity contribution in [3.05, 3.63) is 48.0 Å². The van der Waals surface area contributed by atoms with Gasteiger partial charge in [0.25, 0.3) is 15.9 Å². The molecule has 8 heteroatoms. The number of anilines is 1. The molecule has 0 aromatic heterocycles. The second kappa shape index (κ2) is 8.73. The summed E-state index contributed by atoms with van der Waals surface area (Å²) in [5.41, 5.74) is 0.619. The predicted octanol–water partition coefficient (Wildman–Crippen LogP) is 3.38. The third-order valence-corrected chi connectivity index (χ3v) is 6.48. The summed E-state index contributed by atoms with van der Waals surface area (Å²) in [5.74, 6) is 1.26. The maximum atomic E-state index is 13.0. The summed E-state index contributed by atoms with van der Waals surface area (Å²) in [6.45, 7) is 3.48. The molecule has 0 radical (unpaired) electrons. The molecule has 0 bridgehead atoms. The zero-order valence-corrected chi connectivity index (χ0v) is 17.7. The van der Waals surface area contributed by atoms with Gasteiger partial charge in [0.1, 0.15) is 11.5 Å². The van der Waals surface area contributed by atoms with Crippen molar-refractivity contribution in [2.45, 2.75) is 24.7 Å². The fourth-order valence-electron chi connectivity index (χ4n) is 3.30. The van der Waals surface area contributed by atoms with Crippen LogP contribution in [0.4, 0.5) is 5.69 Å². The van der Waals surface area contributed by atoms with Crippen LogP contribution in [0.2, 0.25) is 0 Å². The van der Waals surface area contributed by atoms with Gasteiger partial charge in [-0.15, -0.1) is 0 Å². The maximum Gasteiger partial charge on any atom is 0.261 e. The smallest absolute Gasteiger partial charge is 0.261 e. The second-order valence-corrected chi connectivity index (χ2v) is 8.86. The summed E-state index contributed by atoms with van der Waals surface area (Å²) >= 11 is 0. The lowest BCUT2D eigenvalue weighted by Gasteiger charge is -2.30. The summed E-state index contributed by atoms with van der Waals surface area (Å²) in [6, 6.07) is 10.9. The lowest BCUT2D eigenvalue weighted by atomic mass is 9.98. The number of rotatable bonds is 6. The van der Waals surface area contributed by atoms with Crippen LogP contribution in [0.1, 0.15) is 30.1 Å². The second-order valence-electron chi connectivity index (χ2n) is 7.17. The van der Waals surface area contributed by atoms with Crippen LogP contribution in [0.3, 0.4) is 0 Å². The fraction of sp³-hybridized carbons (Fsp3) is 0.381. The molecule has 1 fully saturated rings. The Balaban J connectivity index is 1.89. The molecule has 0 spiro atoms.